The van der Waals surface area contributed by atoms with Gasteiger partial charge in [-0.3, -0.25) is 4.79 Å². The average Bonchev–Trinajstić information content (AvgIpc) is 3.69. The number of allylic oxidation sites excluding steroid dienone is 2. The summed E-state index contributed by atoms with van der Waals surface area (Å²) in [7, 11) is 0. The van der Waals surface area contributed by atoms with Crippen molar-refractivity contribution in [3.8, 4) is 5.88 Å². The summed E-state index contributed by atoms with van der Waals surface area (Å²) in [5.41, 5.74) is 6.56. The van der Waals surface area contributed by atoms with Crippen LogP contribution in [0.1, 0.15) is 125 Å². The number of aromatic hydroxyl groups is 1. The van der Waals surface area contributed by atoms with Crippen molar-refractivity contribution in [3.63, 3.8) is 0 Å². The maximum atomic E-state index is 13.6. The number of benzene rings is 2. The first-order chi connectivity index (χ1) is 22.4. The fourth-order valence-electron chi connectivity index (χ4n) is 7.59. The summed E-state index contributed by atoms with van der Waals surface area (Å²) < 4.78 is 2.20. The van der Waals surface area contributed by atoms with Crippen LogP contribution in [0.3, 0.4) is 0 Å². The van der Waals surface area contributed by atoms with Gasteiger partial charge in [-0.05, 0) is 79.2 Å². The Labute approximate surface area is 277 Å². The molecule has 3 aromatic rings. The summed E-state index contributed by atoms with van der Waals surface area (Å²) in [6.45, 7) is 9.86. The monoisotopic (exact) mass is 621 g/mol. The number of nitrogens with one attached hydrogen (secondary N) is 1. The smallest absolute Gasteiger partial charge is 0.237 e. The van der Waals surface area contributed by atoms with E-state index in [2.05, 4.69) is 77.8 Å². The molecule has 1 amide bonds. The third-order valence-electron chi connectivity index (χ3n) is 10.3. The van der Waals surface area contributed by atoms with Gasteiger partial charge in [0.15, 0.2) is 0 Å². The summed E-state index contributed by atoms with van der Waals surface area (Å²) in [5.74, 6) is 2.13. The first-order valence-electron chi connectivity index (χ1n) is 18.0. The molecule has 5 nitrogen and oxygen atoms in total. The van der Waals surface area contributed by atoms with E-state index in [1.807, 2.05) is 18.2 Å². The molecule has 0 spiro atoms. The summed E-state index contributed by atoms with van der Waals surface area (Å²) >= 11 is 0. The molecule has 2 aliphatic rings. The number of imidazole rings is 1. The fraction of sp³-hybridized carbons (Fsp3) is 0.512. The largest absolute Gasteiger partial charge is 0.492 e. The highest BCUT2D eigenvalue weighted by Gasteiger charge is 2.32. The van der Waals surface area contributed by atoms with E-state index in [-0.39, 0.29) is 17.7 Å². The molecule has 0 radical (unpaired) electrons. The minimum atomic E-state index is -0.124. The Bertz CT molecular complexity index is 1440. The van der Waals surface area contributed by atoms with Gasteiger partial charge in [0.1, 0.15) is 11.5 Å². The Morgan fingerprint density at radius 3 is 2.35 bits per heavy atom. The van der Waals surface area contributed by atoms with Gasteiger partial charge in [-0.15, -0.1) is 0 Å². The van der Waals surface area contributed by atoms with E-state index >= 15 is 0 Å². The number of aromatic nitrogens is 2. The third kappa shape index (κ3) is 9.02. The predicted octanol–water partition coefficient (Wildman–Crippen LogP) is 9.54. The molecule has 2 aromatic carbocycles. The highest BCUT2D eigenvalue weighted by molar-refractivity contribution is 5.84. The van der Waals surface area contributed by atoms with E-state index in [0.717, 1.165) is 73.2 Å². The molecule has 5 rings (SSSR count). The van der Waals surface area contributed by atoms with Gasteiger partial charge in [0.2, 0.25) is 11.8 Å². The van der Waals surface area contributed by atoms with Crippen molar-refractivity contribution in [3.05, 3.63) is 101 Å². The first kappa shape index (κ1) is 33.8. The number of hydrogen-bond donors (Lipinski definition) is 2. The molecule has 2 aliphatic carbocycles. The summed E-state index contributed by atoms with van der Waals surface area (Å²) in [5, 5.41) is 14.4. The Morgan fingerprint density at radius 2 is 1.67 bits per heavy atom. The van der Waals surface area contributed by atoms with Crippen molar-refractivity contribution < 1.29 is 9.90 Å². The number of rotatable bonds is 15. The van der Waals surface area contributed by atoms with Gasteiger partial charge < -0.3 is 15.0 Å². The van der Waals surface area contributed by atoms with Gasteiger partial charge in [-0.25, -0.2) is 0 Å². The Morgan fingerprint density at radius 1 is 0.978 bits per heavy atom. The lowest BCUT2D eigenvalue weighted by Gasteiger charge is -2.24. The molecule has 246 valence electrons. The molecule has 0 bridgehead atoms. The number of nitrogens with zero attached hydrogens (tertiary/aromatic N) is 2. The van der Waals surface area contributed by atoms with Crippen molar-refractivity contribution in [2.75, 3.05) is 6.54 Å². The maximum absolute atomic E-state index is 13.6. The van der Waals surface area contributed by atoms with E-state index < -0.39 is 0 Å². The Hall–Kier alpha value is -3.60. The summed E-state index contributed by atoms with van der Waals surface area (Å²) in [4.78, 5) is 18.3. The van der Waals surface area contributed by atoms with Crippen molar-refractivity contribution >= 4 is 12.0 Å². The van der Waals surface area contributed by atoms with Gasteiger partial charge in [0, 0.05) is 19.5 Å². The van der Waals surface area contributed by atoms with Gasteiger partial charge in [-0.2, -0.15) is 4.98 Å². The third-order valence-corrected chi connectivity index (χ3v) is 10.3. The number of amides is 1. The van der Waals surface area contributed by atoms with E-state index in [0.29, 0.717) is 24.9 Å². The lowest BCUT2D eigenvalue weighted by Crippen LogP contribution is -2.34. The molecule has 2 N–H and O–H groups in total. The molecule has 0 saturated heterocycles. The maximum Gasteiger partial charge on any atom is 0.237 e. The SMILES string of the molecule is C=C(C)/C(=C/c1c(O)nc(CCCC)n1Cc1ccc(C(C(=O)NCCc2ccccc2)C2CCCC2)cc1)CC1CCCCC1. The van der Waals surface area contributed by atoms with Crippen LogP contribution in [0.2, 0.25) is 0 Å². The fourth-order valence-corrected chi connectivity index (χ4v) is 7.59. The molecule has 46 heavy (non-hydrogen) atoms. The van der Waals surface area contributed by atoms with Crippen LogP contribution >= 0.6 is 0 Å². The van der Waals surface area contributed by atoms with Crippen molar-refractivity contribution in [2.24, 2.45) is 11.8 Å². The zero-order chi connectivity index (χ0) is 32.3. The minimum absolute atomic E-state index is 0.110. The van der Waals surface area contributed by atoms with E-state index in [1.165, 1.54) is 56.1 Å². The van der Waals surface area contributed by atoms with Crippen LogP contribution in [-0.4, -0.2) is 27.1 Å². The quantitative estimate of drug-likeness (QED) is 0.166. The van der Waals surface area contributed by atoms with Crippen LogP contribution in [0, 0.1) is 11.8 Å². The van der Waals surface area contributed by atoms with Gasteiger partial charge in [0.25, 0.3) is 0 Å². The van der Waals surface area contributed by atoms with Crippen molar-refractivity contribution in [1.29, 1.82) is 0 Å². The Kier molecular flexibility index (Phi) is 12.3. The topological polar surface area (TPSA) is 67.2 Å². The van der Waals surface area contributed by atoms with Gasteiger partial charge >= 0.3 is 0 Å². The molecule has 2 saturated carbocycles. The van der Waals surface area contributed by atoms with Crippen LogP contribution in [0.4, 0.5) is 0 Å². The van der Waals surface area contributed by atoms with Crippen LogP contribution in [0.25, 0.3) is 6.08 Å². The van der Waals surface area contributed by atoms with Gasteiger partial charge in [0.05, 0.1) is 5.92 Å². The van der Waals surface area contributed by atoms with Crippen molar-refractivity contribution in [1.82, 2.24) is 14.9 Å². The highest BCUT2D eigenvalue weighted by Crippen LogP contribution is 2.38. The van der Waals surface area contributed by atoms with E-state index in [4.69, 9.17) is 0 Å². The molecule has 2 fully saturated rings. The zero-order valence-electron chi connectivity index (χ0n) is 28.3. The highest BCUT2D eigenvalue weighted by atomic mass is 16.3. The Balaban J connectivity index is 1.36. The van der Waals surface area contributed by atoms with Crippen LogP contribution in [0.5, 0.6) is 5.88 Å². The second-order valence-corrected chi connectivity index (χ2v) is 13.9. The molecule has 1 heterocycles. The molecule has 5 heteroatoms. The lowest BCUT2D eigenvalue weighted by molar-refractivity contribution is -0.123. The number of hydrogen-bond acceptors (Lipinski definition) is 3. The minimum Gasteiger partial charge on any atom is -0.492 e. The van der Waals surface area contributed by atoms with Gasteiger partial charge in [-0.1, -0.05) is 125 Å². The molecule has 0 aliphatic heterocycles. The van der Waals surface area contributed by atoms with E-state index in [9.17, 15) is 9.90 Å². The second kappa shape index (κ2) is 16.8. The predicted molar refractivity (Wildman–Crippen MR) is 190 cm³/mol. The first-order valence-corrected chi connectivity index (χ1v) is 18.0. The number of aryl methyl sites for hydroxylation is 1. The summed E-state index contributed by atoms with van der Waals surface area (Å²) in [6.07, 6.45) is 18.0. The second-order valence-electron chi connectivity index (χ2n) is 13.9. The number of carbonyl (C=O) groups excluding carboxylic acids is 1. The standard InChI is InChI=1S/C41H55N3O2/c1-4-5-20-38-43-40(45)37(28-36(30(2)3)27-32-16-10-7-11-17-32)44(38)29-33-21-23-35(24-22-33)39(34-18-12-13-19-34)41(46)42-26-25-31-14-8-6-9-15-31/h6,8-9,14-15,21-24,28,32,34,39,45H,2,4-5,7,10-13,16-20,25-27,29H2,1,3H3,(H,42,46)/b36-28+. The van der Waals surface area contributed by atoms with Crippen LogP contribution in [0.15, 0.2) is 72.3 Å². The van der Waals surface area contributed by atoms with Crippen LogP contribution < -0.4 is 5.32 Å². The lowest BCUT2D eigenvalue weighted by atomic mass is 9.83. The molecular weight excluding hydrogens is 566 g/mol. The average molecular weight is 622 g/mol. The number of unbranched alkanes of at least 4 members (excludes halogenated alkanes) is 1. The van der Waals surface area contributed by atoms with Crippen LogP contribution in [-0.2, 0) is 24.2 Å². The molecule has 1 atom stereocenters. The molecule has 1 unspecified atom stereocenters. The molecule has 1 aromatic heterocycles. The van der Waals surface area contributed by atoms with E-state index in [1.54, 1.807) is 0 Å². The normalized spacial score (nSPS) is 16.9. The van der Waals surface area contributed by atoms with Crippen molar-refractivity contribution in [2.45, 2.75) is 116 Å². The molecular formula is C41H55N3O2. The number of carbonyl (C=O) groups is 1. The summed E-state index contributed by atoms with van der Waals surface area (Å²) in [6, 6.07) is 19.0. The zero-order valence-corrected chi connectivity index (χ0v) is 28.3.